The lowest BCUT2D eigenvalue weighted by molar-refractivity contribution is 0.290. The molecule has 0 aliphatic carbocycles. The molecule has 0 saturated heterocycles. The van der Waals surface area contributed by atoms with Crippen LogP contribution in [0.5, 0.6) is 0 Å². The smallest absolute Gasteiger partial charge is 0.0140 e. The van der Waals surface area contributed by atoms with Gasteiger partial charge in [0.1, 0.15) is 0 Å². The zero-order chi connectivity index (χ0) is 9.72. The maximum absolute atomic E-state index is 4.04. The lowest BCUT2D eigenvalue weighted by Crippen LogP contribution is -2.15. The van der Waals surface area contributed by atoms with Gasteiger partial charge >= 0.3 is 0 Å². The van der Waals surface area contributed by atoms with Crippen LogP contribution in [0.2, 0.25) is 0 Å². The van der Waals surface area contributed by atoms with Crippen molar-refractivity contribution in [1.82, 2.24) is 0 Å². The highest BCUT2D eigenvalue weighted by Gasteiger charge is 2.17. The lowest BCUT2D eigenvalue weighted by Gasteiger charge is -2.25. The Labute approximate surface area is 81.8 Å². The van der Waals surface area contributed by atoms with E-state index in [9.17, 15) is 0 Å². The summed E-state index contributed by atoms with van der Waals surface area (Å²) in [7, 11) is 0. The molecule has 1 heteroatoms. The molecule has 0 amide bonds. The van der Waals surface area contributed by atoms with Gasteiger partial charge in [-0.3, -0.25) is 0 Å². The van der Waals surface area contributed by atoms with Gasteiger partial charge in [0.2, 0.25) is 0 Å². The van der Waals surface area contributed by atoms with Crippen LogP contribution in [-0.2, 0) is 0 Å². The van der Waals surface area contributed by atoms with Crippen LogP contribution in [0.25, 0.3) is 0 Å². The third-order valence-corrected chi connectivity index (χ3v) is 3.21. The van der Waals surface area contributed by atoms with Gasteiger partial charge in [0.05, 0.1) is 0 Å². The molecule has 0 bridgehead atoms. The molecule has 0 aliphatic heterocycles. The monoisotopic (exact) mass is 186 g/mol. The predicted molar refractivity (Wildman–Crippen MR) is 60.4 cm³/mol. The second-order valence-electron chi connectivity index (χ2n) is 4.10. The molecular formula is C11H22S. The Morgan fingerprint density at radius 1 is 1.17 bits per heavy atom. The number of hydrogen-bond donors (Lipinski definition) is 0. The third-order valence-electron chi connectivity index (χ3n) is 2.46. The maximum Gasteiger partial charge on any atom is -0.0140 e. The van der Waals surface area contributed by atoms with Gasteiger partial charge in [-0.05, 0) is 35.3 Å². The van der Waals surface area contributed by atoms with Gasteiger partial charge in [-0.15, -0.1) is 11.8 Å². The molecule has 0 saturated carbocycles. The molecular weight excluding hydrogens is 164 g/mol. The van der Waals surface area contributed by atoms with E-state index in [0.717, 1.165) is 17.8 Å². The van der Waals surface area contributed by atoms with Gasteiger partial charge in [-0.25, -0.2) is 0 Å². The van der Waals surface area contributed by atoms with E-state index in [2.05, 4.69) is 40.5 Å². The van der Waals surface area contributed by atoms with Crippen molar-refractivity contribution in [1.29, 1.82) is 0 Å². The Morgan fingerprint density at radius 3 is 1.83 bits per heavy atom. The van der Waals surface area contributed by atoms with Gasteiger partial charge in [0.25, 0.3) is 0 Å². The Morgan fingerprint density at radius 2 is 1.58 bits per heavy atom. The summed E-state index contributed by atoms with van der Waals surface area (Å²) in [5.74, 6) is 2.34. The van der Waals surface area contributed by atoms with Crippen molar-refractivity contribution >= 4 is 11.8 Å². The quantitative estimate of drug-likeness (QED) is 0.620. The van der Waals surface area contributed by atoms with Crippen LogP contribution in [0.15, 0.2) is 11.5 Å². The van der Waals surface area contributed by atoms with E-state index < -0.39 is 0 Å². The minimum atomic E-state index is 0.772. The van der Waals surface area contributed by atoms with E-state index in [0.29, 0.717) is 0 Å². The van der Waals surface area contributed by atoms with Crippen molar-refractivity contribution in [2.24, 2.45) is 17.8 Å². The standard InChI is InChI=1S/C11H22S/c1-8(2)11(9(3)4)7-10(5)12-6/h8-9,11H,5,7H2,1-4,6H3. The Bertz CT molecular complexity index is 128. The van der Waals surface area contributed by atoms with Crippen LogP contribution in [0.4, 0.5) is 0 Å². The van der Waals surface area contributed by atoms with E-state index >= 15 is 0 Å². The SMILES string of the molecule is C=C(CC(C(C)C)C(C)C)SC. The number of hydrogen-bond acceptors (Lipinski definition) is 1. The van der Waals surface area contributed by atoms with Crippen molar-refractivity contribution in [3.8, 4) is 0 Å². The third kappa shape index (κ3) is 4.20. The Hall–Kier alpha value is 0.0900. The second-order valence-corrected chi connectivity index (χ2v) is 5.08. The summed E-state index contributed by atoms with van der Waals surface area (Å²) in [6.45, 7) is 13.3. The van der Waals surface area contributed by atoms with Gasteiger partial charge in [-0.1, -0.05) is 34.3 Å². The lowest BCUT2D eigenvalue weighted by atomic mass is 9.83. The van der Waals surface area contributed by atoms with Crippen molar-refractivity contribution in [3.63, 3.8) is 0 Å². The number of rotatable bonds is 5. The molecule has 0 rings (SSSR count). The van der Waals surface area contributed by atoms with Crippen LogP contribution in [0.3, 0.4) is 0 Å². The minimum absolute atomic E-state index is 0.772. The highest BCUT2D eigenvalue weighted by atomic mass is 32.2. The minimum Gasteiger partial charge on any atom is -0.135 e. The van der Waals surface area contributed by atoms with Gasteiger partial charge in [0, 0.05) is 0 Å². The molecule has 0 aromatic rings. The molecule has 0 radical (unpaired) electrons. The Balaban J connectivity index is 4.05. The summed E-state index contributed by atoms with van der Waals surface area (Å²) in [6.07, 6.45) is 3.29. The van der Waals surface area contributed by atoms with Gasteiger partial charge in [0.15, 0.2) is 0 Å². The molecule has 12 heavy (non-hydrogen) atoms. The van der Waals surface area contributed by atoms with Gasteiger partial charge in [-0.2, -0.15) is 0 Å². The fraction of sp³-hybridized carbons (Fsp3) is 0.818. The van der Waals surface area contributed by atoms with Crippen molar-refractivity contribution in [2.75, 3.05) is 6.26 Å². The number of allylic oxidation sites excluding steroid dienone is 1. The van der Waals surface area contributed by atoms with Crippen LogP contribution in [-0.4, -0.2) is 6.26 Å². The first kappa shape index (κ1) is 12.1. The normalized spacial score (nSPS) is 11.7. The first-order chi connectivity index (χ1) is 5.49. The molecule has 0 heterocycles. The van der Waals surface area contributed by atoms with Crippen LogP contribution in [0, 0.1) is 17.8 Å². The molecule has 0 aromatic carbocycles. The zero-order valence-corrected chi connectivity index (χ0v) is 9.87. The largest absolute Gasteiger partial charge is 0.135 e. The molecule has 0 N–H and O–H groups in total. The van der Waals surface area contributed by atoms with E-state index in [4.69, 9.17) is 0 Å². The van der Waals surface area contributed by atoms with E-state index in [1.54, 1.807) is 11.8 Å². The number of thioether (sulfide) groups is 1. The first-order valence-electron chi connectivity index (χ1n) is 4.70. The van der Waals surface area contributed by atoms with Crippen LogP contribution >= 0.6 is 11.8 Å². The molecule has 0 nitrogen and oxygen atoms in total. The maximum atomic E-state index is 4.04. The summed E-state index contributed by atoms with van der Waals surface area (Å²) in [5.41, 5.74) is 0. The average Bonchev–Trinajstić information content (AvgIpc) is 1.98. The predicted octanol–water partition coefficient (Wildman–Crippen LogP) is 4.18. The highest BCUT2D eigenvalue weighted by molar-refractivity contribution is 8.02. The molecule has 72 valence electrons. The van der Waals surface area contributed by atoms with Crippen LogP contribution in [0.1, 0.15) is 34.1 Å². The van der Waals surface area contributed by atoms with Crippen molar-refractivity contribution < 1.29 is 0 Å². The Kier molecular flexibility index (Phi) is 5.73. The molecule has 0 fully saturated rings. The first-order valence-corrected chi connectivity index (χ1v) is 5.93. The van der Waals surface area contributed by atoms with Crippen molar-refractivity contribution in [2.45, 2.75) is 34.1 Å². The van der Waals surface area contributed by atoms with E-state index in [-0.39, 0.29) is 0 Å². The molecule has 0 aliphatic rings. The molecule has 0 spiro atoms. The molecule has 0 aromatic heterocycles. The van der Waals surface area contributed by atoms with Gasteiger partial charge < -0.3 is 0 Å². The average molecular weight is 186 g/mol. The summed E-state index contributed by atoms with van der Waals surface area (Å²) < 4.78 is 0. The molecule has 0 unspecified atom stereocenters. The van der Waals surface area contributed by atoms with Crippen molar-refractivity contribution in [3.05, 3.63) is 11.5 Å². The fourth-order valence-electron chi connectivity index (χ4n) is 1.59. The highest BCUT2D eigenvalue weighted by Crippen LogP contribution is 2.30. The summed E-state index contributed by atoms with van der Waals surface area (Å²) in [4.78, 5) is 1.32. The summed E-state index contributed by atoms with van der Waals surface area (Å²) in [6, 6.07) is 0. The summed E-state index contributed by atoms with van der Waals surface area (Å²) >= 11 is 1.79. The van der Waals surface area contributed by atoms with E-state index in [1.807, 2.05) is 0 Å². The summed E-state index contributed by atoms with van der Waals surface area (Å²) in [5, 5.41) is 0. The fourth-order valence-corrected chi connectivity index (χ4v) is 1.95. The van der Waals surface area contributed by atoms with Crippen LogP contribution < -0.4 is 0 Å². The second kappa shape index (κ2) is 5.69. The molecule has 0 atom stereocenters. The zero-order valence-electron chi connectivity index (χ0n) is 9.05. The topological polar surface area (TPSA) is 0 Å². The van der Waals surface area contributed by atoms with E-state index in [1.165, 1.54) is 11.3 Å².